The van der Waals surface area contributed by atoms with Crippen molar-refractivity contribution < 1.29 is 29.0 Å². The van der Waals surface area contributed by atoms with Crippen molar-refractivity contribution in [1.29, 1.82) is 0 Å². The molecular formula is C34H48N2O6. The third kappa shape index (κ3) is 6.06. The number of carbonyl (C=O) groups excluding carboxylic acids is 3. The molecule has 2 bridgehead atoms. The van der Waals surface area contributed by atoms with Crippen LogP contribution in [-0.4, -0.2) is 82.3 Å². The van der Waals surface area contributed by atoms with Crippen molar-refractivity contribution in [2.75, 3.05) is 26.3 Å². The zero-order valence-corrected chi connectivity index (χ0v) is 25.3. The Bertz CT molecular complexity index is 1120. The zero-order chi connectivity index (χ0) is 30.3. The number of aliphatic hydroxyl groups is 1. The fraction of sp³-hybridized carbons (Fsp3) is 0.618. The quantitative estimate of drug-likeness (QED) is 0.166. The van der Waals surface area contributed by atoms with Gasteiger partial charge in [-0.3, -0.25) is 14.4 Å². The molecule has 0 radical (unpaired) electrons. The highest BCUT2D eigenvalue weighted by molar-refractivity contribution is 5.98. The molecule has 3 aliphatic heterocycles. The molecule has 6 atom stereocenters. The standard InChI is InChI=1S/C34H48N2O6/c1-5-8-10-15-22-41-32(40)28-27-30(38)36(26(24-37)23-25-16-12-11-13-17-25)29(34(27)19-18-33(28,4)42-34)31(39)35(20-7-3)21-14-9-6-2/h5,7,11-13,16-17,26-29,37H,1,3,6,8-10,14-15,18-24H2,2,4H3/t26-,27+,28+,29?,33-,34?/m1/s1. The minimum atomic E-state index is -1.16. The van der Waals surface area contributed by atoms with E-state index in [-0.39, 0.29) is 25.0 Å². The van der Waals surface area contributed by atoms with E-state index in [4.69, 9.17) is 9.47 Å². The van der Waals surface area contributed by atoms with E-state index in [0.29, 0.717) is 38.8 Å². The average molecular weight is 581 g/mol. The highest BCUT2D eigenvalue weighted by Gasteiger charge is 2.79. The Morgan fingerprint density at radius 3 is 2.60 bits per heavy atom. The molecular weight excluding hydrogens is 532 g/mol. The highest BCUT2D eigenvalue weighted by atomic mass is 16.6. The van der Waals surface area contributed by atoms with Crippen LogP contribution in [0.3, 0.4) is 0 Å². The Balaban J connectivity index is 1.71. The monoisotopic (exact) mass is 580 g/mol. The molecule has 1 spiro atoms. The molecule has 42 heavy (non-hydrogen) atoms. The van der Waals surface area contributed by atoms with Crippen molar-refractivity contribution in [3.63, 3.8) is 0 Å². The number of allylic oxidation sites excluding steroid dienone is 1. The molecule has 1 N–H and O–H groups in total. The summed E-state index contributed by atoms with van der Waals surface area (Å²) in [5.41, 5.74) is -1.12. The van der Waals surface area contributed by atoms with Crippen LogP contribution in [0.5, 0.6) is 0 Å². The van der Waals surface area contributed by atoms with Crippen molar-refractivity contribution >= 4 is 17.8 Å². The molecule has 0 aromatic heterocycles. The first-order chi connectivity index (χ1) is 20.3. The number of ether oxygens (including phenoxy) is 2. The molecule has 1 aromatic rings. The minimum Gasteiger partial charge on any atom is -0.465 e. The number of unbranched alkanes of at least 4 members (excludes halogenated alkanes) is 4. The number of likely N-dealkylation sites (tertiary alicyclic amines) is 1. The topological polar surface area (TPSA) is 96.4 Å². The van der Waals surface area contributed by atoms with E-state index in [0.717, 1.165) is 37.7 Å². The van der Waals surface area contributed by atoms with Gasteiger partial charge in [0, 0.05) is 13.1 Å². The van der Waals surface area contributed by atoms with Crippen molar-refractivity contribution in [3.8, 4) is 0 Å². The van der Waals surface area contributed by atoms with Crippen molar-refractivity contribution in [1.82, 2.24) is 9.80 Å². The lowest BCUT2D eigenvalue weighted by Gasteiger charge is -2.39. The van der Waals surface area contributed by atoms with Gasteiger partial charge in [-0.25, -0.2) is 0 Å². The molecule has 3 heterocycles. The summed E-state index contributed by atoms with van der Waals surface area (Å²) in [6.45, 7) is 12.4. The summed E-state index contributed by atoms with van der Waals surface area (Å²) in [4.78, 5) is 46.0. The van der Waals surface area contributed by atoms with Crippen molar-refractivity contribution in [2.45, 2.75) is 94.9 Å². The van der Waals surface area contributed by atoms with Gasteiger partial charge in [-0.2, -0.15) is 0 Å². The number of nitrogens with zero attached hydrogens (tertiary/aromatic N) is 2. The third-order valence-electron chi connectivity index (χ3n) is 9.36. The Hall–Kier alpha value is -2.97. The first-order valence-electron chi connectivity index (χ1n) is 15.6. The van der Waals surface area contributed by atoms with Gasteiger partial charge in [-0.1, -0.05) is 62.2 Å². The summed E-state index contributed by atoms with van der Waals surface area (Å²) in [6.07, 6.45) is 10.2. The lowest BCUT2D eigenvalue weighted by molar-refractivity contribution is -0.162. The van der Waals surface area contributed by atoms with Crippen LogP contribution < -0.4 is 0 Å². The van der Waals surface area contributed by atoms with Gasteiger partial charge in [-0.05, 0) is 57.4 Å². The van der Waals surface area contributed by atoms with E-state index in [9.17, 15) is 19.5 Å². The molecule has 3 fully saturated rings. The van der Waals surface area contributed by atoms with Gasteiger partial charge < -0.3 is 24.4 Å². The molecule has 3 saturated heterocycles. The van der Waals surface area contributed by atoms with Crippen LogP contribution in [-0.2, 0) is 30.3 Å². The maximum Gasteiger partial charge on any atom is 0.312 e. The molecule has 4 rings (SSSR count). The minimum absolute atomic E-state index is 0.212. The van der Waals surface area contributed by atoms with E-state index in [1.807, 2.05) is 43.3 Å². The molecule has 2 amide bonds. The first-order valence-corrected chi connectivity index (χ1v) is 15.6. The number of rotatable bonds is 17. The summed E-state index contributed by atoms with van der Waals surface area (Å²) in [6, 6.07) is 8.03. The number of esters is 1. The summed E-state index contributed by atoms with van der Waals surface area (Å²) < 4.78 is 12.5. The summed E-state index contributed by atoms with van der Waals surface area (Å²) in [7, 11) is 0. The summed E-state index contributed by atoms with van der Waals surface area (Å²) >= 11 is 0. The van der Waals surface area contributed by atoms with Gasteiger partial charge in [0.15, 0.2) is 0 Å². The summed E-state index contributed by atoms with van der Waals surface area (Å²) in [5, 5.41) is 10.6. The predicted molar refractivity (Wildman–Crippen MR) is 161 cm³/mol. The SMILES string of the molecule is C=CCCCCOC(=O)[C@@H]1[C@H]2C(=O)N([C@@H](CO)Cc3ccccc3)C(C(=O)N(CC=C)CCCCC)C23CC[C@@]1(C)O3. The fourth-order valence-corrected chi connectivity index (χ4v) is 7.36. The number of benzene rings is 1. The number of fused-ring (bicyclic) bond motifs is 1. The van der Waals surface area contributed by atoms with Gasteiger partial charge in [0.1, 0.15) is 17.6 Å². The maximum absolute atomic E-state index is 14.5. The van der Waals surface area contributed by atoms with Crippen LogP contribution >= 0.6 is 0 Å². The lowest BCUT2D eigenvalue weighted by Crippen LogP contribution is -2.59. The van der Waals surface area contributed by atoms with Crippen LogP contribution in [0.2, 0.25) is 0 Å². The Labute approximate surface area is 250 Å². The van der Waals surface area contributed by atoms with E-state index in [1.165, 1.54) is 0 Å². The lowest BCUT2D eigenvalue weighted by atomic mass is 9.66. The van der Waals surface area contributed by atoms with Crippen LogP contribution in [0.1, 0.15) is 70.8 Å². The van der Waals surface area contributed by atoms with E-state index >= 15 is 0 Å². The fourth-order valence-electron chi connectivity index (χ4n) is 7.36. The van der Waals surface area contributed by atoms with Crippen LogP contribution in [0.25, 0.3) is 0 Å². The van der Waals surface area contributed by atoms with Gasteiger partial charge >= 0.3 is 5.97 Å². The Kier molecular flexibility index (Phi) is 10.7. The normalized spacial score (nSPS) is 28.4. The molecule has 230 valence electrons. The smallest absolute Gasteiger partial charge is 0.312 e. The molecule has 8 heteroatoms. The summed E-state index contributed by atoms with van der Waals surface area (Å²) in [5.74, 6) is -2.64. The van der Waals surface area contributed by atoms with Crippen molar-refractivity contribution in [3.05, 3.63) is 61.2 Å². The molecule has 1 aromatic carbocycles. The molecule has 3 aliphatic rings. The first kappa shape index (κ1) is 32.0. The Morgan fingerprint density at radius 1 is 1.17 bits per heavy atom. The second-order valence-corrected chi connectivity index (χ2v) is 12.2. The second-order valence-electron chi connectivity index (χ2n) is 12.2. The number of hydrogen-bond donors (Lipinski definition) is 1. The van der Waals surface area contributed by atoms with E-state index in [1.54, 1.807) is 15.9 Å². The Morgan fingerprint density at radius 2 is 1.93 bits per heavy atom. The molecule has 0 saturated carbocycles. The zero-order valence-electron chi connectivity index (χ0n) is 25.3. The third-order valence-corrected chi connectivity index (χ3v) is 9.36. The second kappa shape index (κ2) is 14.0. The number of carbonyl (C=O) groups is 3. The van der Waals surface area contributed by atoms with E-state index in [2.05, 4.69) is 20.1 Å². The van der Waals surface area contributed by atoms with Gasteiger partial charge in [0.05, 0.1) is 30.8 Å². The molecule has 8 nitrogen and oxygen atoms in total. The number of aliphatic hydroxyl groups excluding tert-OH is 1. The van der Waals surface area contributed by atoms with Crippen LogP contribution in [0.15, 0.2) is 55.6 Å². The van der Waals surface area contributed by atoms with Crippen molar-refractivity contribution in [2.24, 2.45) is 11.8 Å². The largest absolute Gasteiger partial charge is 0.465 e. The average Bonchev–Trinajstić information content (AvgIpc) is 3.56. The van der Waals surface area contributed by atoms with Gasteiger partial charge in [0.25, 0.3) is 0 Å². The number of hydrogen-bond acceptors (Lipinski definition) is 6. The van der Waals surface area contributed by atoms with Crippen LogP contribution in [0, 0.1) is 11.8 Å². The maximum atomic E-state index is 14.5. The molecule has 2 unspecified atom stereocenters. The predicted octanol–water partition coefficient (Wildman–Crippen LogP) is 4.46. The van der Waals surface area contributed by atoms with Gasteiger partial charge in [0.2, 0.25) is 11.8 Å². The van der Waals surface area contributed by atoms with Gasteiger partial charge in [-0.15, -0.1) is 13.2 Å². The highest BCUT2D eigenvalue weighted by Crippen LogP contribution is 2.63. The van der Waals surface area contributed by atoms with E-state index < -0.39 is 41.1 Å². The van der Waals surface area contributed by atoms with Crippen LogP contribution in [0.4, 0.5) is 0 Å². The number of amides is 2. The molecule has 0 aliphatic carbocycles.